The first-order chi connectivity index (χ1) is 4.22. The Hall–Kier alpha value is 0.194. The van der Waals surface area contributed by atoms with Gasteiger partial charge >= 0.3 is 63.3 Å². The molecule has 0 aromatic carbocycles. The molecule has 1 aliphatic carbocycles. The van der Waals surface area contributed by atoms with Gasteiger partial charge in [0.2, 0.25) is 0 Å². The normalized spacial score (nSPS) is 17.2. The molecule has 0 heterocycles. The van der Waals surface area contributed by atoms with E-state index in [2.05, 4.69) is 29.5 Å². The number of allylic oxidation sites excluding steroid dienone is 4. The van der Waals surface area contributed by atoms with Crippen LogP contribution in [0.2, 0.25) is 10.5 Å². The molecule has 0 spiro atoms. The van der Waals surface area contributed by atoms with E-state index in [0.717, 1.165) is 0 Å². The Morgan fingerprint density at radius 1 is 1.44 bits per heavy atom. The molecule has 0 aromatic rings. The molecule has 0 aliphatic heterocycles. The van der Waals surface area contributed by atoms with Gasteiger partial charge in [-0.1, -0.05) is 0 Å². The molecule has 0 radical (unpaired) electrons. The van der Waals surface area contributed by atoms with Crippen molar-refractivity contribution in [1.29, 1.82) is 0 Å². The molecule has 1 rings (SSSR count). The monoisotopic (exact) mass is 157 g/mol. The van der Waals surface area contributed by atoms with Gasteiger partial charge in [0.1, 0.15) is 0 Å². The van der Waals surface area contributed by atoms with Crippen molar-refractivity contribution < 1.29 is 17.9 Å². The SMILES string of the molecule is CC1=[C]([Ti]([CH3])[CH3])CC=C1. The van der Waals surface area contributed by atoms with Gasteiger partial charge in [0.15, 0.2) is 0 Å². The van der Waals surface area contributed by atoms with Gasteiger partial charge in [-0.15, -0.1) is 0 Å². The molecule has 9 heavy (non-hydrogen) atoms. The third-order valence-corrected chi connectivity index (χ3v) is 4.59. The summed E-state index contributed by atoms with van der Waals surface area (Å²) in [6.45, 7) is 2.23. The van der Waals surface area contributed by atoms with E-state index >= 15 is 0 Å². The molecule has 0 bridgehead atoms. The topological polar surface area (TPSA) is 0 Å². The Bertz CT molecular complexity index is 163. The first-order valence-electron chi connectivity index (χ1n) is 3.38. The molecule has 0 saturated heterocycles. The zero-order valence-corrected chi connectivity index (χ0v) is 7.92. The Labute approximate surface area is 63.5 Å². The molecule has 0 fully saturated rings. The predicted octanol–water partition coefficient (Wildman–Crippen LogP) is 2.93. The van der Waals surface area contributed by atoms with Crippen LogP contribution in [0.3, 0.4) is 0 Å². The zero-order valence-electron chi connectivity index (χ0n) is 6.36. The summed E-state index contributed by atoms with van der Waals surface area (Å²) >= 11 is -0.704. The van der Waals surface area contributed by atoms with E-state index in [-0.39, 0.29) is 0 Å². The van der Waals surface area contributed by atoms with Crippen LogP contribution in [0.4, 0.5) is 0 Å². The number of hydrogen-bond donors (Lipinski definition) is 0. The molecule has 0 atom stereocenters. The minimum absolute atomic E-state index is 0.704. The quantitative estimate of drug-likeness (QED) is 0.513. The standard InChI is InChI=1S/C6H7.2CH3.Ti/c1-6-4-2-3-5-6;;;/h2,4H,3H2,1H3;2*1H3;. The van der Waals surface area contributed by atoms with Crippen LogP contribution in [0, 0.1) is 0 Å². The van der Waals surface area contributed by atoms with Crippen molar-refractivity contribution in [3.8, 4) is 0 Å². The van der Waals surface area contributed by atoms with E-state index in [1.165, 1.54) is 6.42 Å². The summed E-state index contributed by atoms with van der Waals surface area (Å²) in [6.07, 6.45) is 5.80. The summed E-state index contributed by atoms with van der Waals surface area (Å²) in [5, 5.41) is 4.84. The summed E-state index contributed by atoms with van der Waals surface area (Å²) < 4.78 is 1.77. The summed E-state index contributed by atoms with van der Waals surface area (Å²) in [6, 6.07) is 0. The van der Waals surface area contributed by atoms with Gasteiger partial charge in [-0.05, 0) is 0 Å². The van der Waals surface area contributed by atoms with Crippen molar-refractivity contribution in [1.82, 2.24) is 0 Å². The van der Waals surface area contributed by atoms with Crippen molar-refractivity contribution in [2.75, 3.05) is 0 Å². The molecule has 0 unspecified atom stereocenters. The van der Waals surface area contributed by atoms with Crippen molar-refractivity contribution in [3.63, 3.8) is 0 Å². The average molecular weight is 157 g/mol. The average Bonchev–Trinajstić information content (AvgIpc) is 2.13. The second kappa shape index (κ2) is 2.85. The minimum atomic E-state index is -0.704. The van der Waals surface area contributed by atoms with E-state index < -0.39 is 17.9 Å². The Kier molecular flexibility index (Phi) is 2.31. The fourth-order valence-electron chi connectivity index (χ4n) is 1.21. The van der Waals surface area contributed by atoms with E-state index in [9.17, 15) is 0 Å². The Balaban J connectivity index is 2.73. The van der Waals surface area contributed by atoms with Crippen LogP contribution < -0.4 is 0 Å². The van der Waals surface area contributed by atoms with Gasteiger partial charge in [0, 0.05) is 0 Å². The summed E-state index contributed by atoms with van der Waals surface area (Å²) in [5.41, 5.74) is 1.55. The molecular weight excluding hydrogens is 144 g/mol. The third kappa shape index (κ3) is 1.56. The fraction of sp³-hybridized carbons (Fsp3) is 0.500. The van der Waals surface area contributed by atoms with Crippen LogP contribution in [-0.2, 0) is 17.9 Å². The summed E-state index contributed by atoms with van der Waals surface area (Å²) in [4.78, 5) is 0. The van der Waals surface area contributed by atoms with Crippen LogP contribution in [0.15, 0.2) is 21.6 Å². The van der Waals surface area contributed by atoms with Crippen molar-refractivity contribution >= 4 is 0 Å². The van der Waals surface area contributed by atoms with Crippen LogP contribution in [0.5, 0.6) is 0 Å². The van der Waals surface area contributed by atoms with Gasteiger partial charge in [-0.3, -0.25) is 0 Å². The molecular formula is C8H13Ti. The third-order valence-electron chi connectivity index (χ3n) is 1.77. The van der Waals surface area contributed by atoms with Crippen molar-refractivity contribution in [2.45, 2.75) is 23.8 Å². The maximum absolute atomic E-state index is 2.42. The van der Waals surface area contributed by atoms with Crippen LogP contribution in [-0.4, -0.2) is 0 Å². The molecule has 0 aromatic heterocycles. The van der Waals surface area contributed by atoms with Crippen LogP contribution in [0.1, 0.15) is 13.3 Å². The van der Waals surface area contributed by atoms with E-state index in [1.54, 1.807) is 9.45 Å². The maximum atomic E-state index is 2.42. The fourth-order valence-corrected chi connectivity index (χ4v) is 3.40. The van der Waals surface area contributed by atoms with Crippen LogP contribution >= 0.6 is 0 Å². The molecule has 49 valence electrons. The van der Waals surface area contributed by atoms with Crippen molar-refractivity contribution in [2.24, 2.45) is 0 Å². The van der Waals surface area contributed by atoms with Gasteiger partial charge in [-0.25, -0.2) is 0 Å². The van der Waals surface area contributed by atoms with E-state index in [4.69, 9.17) is 0 Å². The molecule has 1 heteroatoms. The zero-order chi connectivity index (χ0) is 6.85. The number of rotatable bonds is 1. The Morgan fingerprint density at radius 2 is 2.11 bits per heavy atom. The second-order valence-corrected chi connectivity index (χ2v) is 6.83. The molecule has 0 nitrogen and oxygen atoms in total. The van der Waals surface area contributed by atoms with Gasteiger partial charge in [0.25, 0.3) is 0 Å². The molecule has 0 saturated carbocycles. The summed E-state index contributed by atoms with van der Waals surface area (Å²) in [5.74, 6) is 0. The van der Waals surface area contributed by atoms with E-state index in [1.807, 2.05) is 0 Å². The van der Waals surface area contributed by atoms with Gasteiger partial charge in [0.05, 0.1) is 0 Å². The molecule has 0 N–H and O–H groups in total. The summed E-state index contributed by atoms with van der Waals surface area (Å²) in [7, 11) is 0. The first-order valence-corrected chi connectivity index (χ1v) is 7.29. The number of hydrogen-bond acceptors (Lipinski definition) is 0. The van der Waals surface area contributed by atoms with E-state index in [0.29, 0.717) is 0 Å². The first kappa shape index (κ1) is 7.30. The van der Waals surface area contributed by atoms with Crippen molar-refractivity contribution in [3.05, 3.63) is 21.6 Å². The Morgan fingerprint density at radius 3 is 2.33 bits per heavy atom. The molecule has 1 aliphatic rings. The predicted molar refractivity (Wildman–Crippen MR) is 38.2 cm³/mol. The van der Waals surface area contributed by atoms with Crippen LogP contribution in [0.25, 0.3) is 0 Å². The van der Waals surface area contributed by atoms with Gasteiger partial charge < -0.3 is 0 Å². The van der Waals surface area contributed by atoms with Gasteiger partial charge in [-0.2, -0.15) is 0 Å². The molecule has 0 amide bonds. The second-order valence-electron chi connectivity index (χ2n) is 2.77.